The summed E-state index contributed by atoms with van der Waals surface area (Å²) in [6.07, 6.45) is 3.00. The molecule has 6 heteroatoms. The van der Waals surface area contributed by atoms with Gasteiger partial charge in [-0.1, -0.05) is 48.0 Å². The number of anilines is 2. The fourth-order valence-electron chi connectivity index (χ4n) is 2.80. The van der Waals surface area contributed by atoms with E-state index in [-0.39, 0.29) is 11.9 Å². The van der Waals surface area contributed by atoms with Crippen LogP contribution in [0, 0.1) is 13.8 Å². The van der Waals surface area contributed by atoms with Crippen molar-refractivity contribution >= 4 is 29.1 Å². The topological polar surface area (TPSA) is 66.9 Å². The molecule has 27 heavy (non-hydrogen) atoms. The molecule has 0 saturated carbocycles. The second kappa shape index (κ2) is 8.18. The zero-order valence-electron chi connectivity index (χ0n) is 15.5. The van der Waals surface area contributed by atoms with Crippen LogP contribution in [0.3, 0.4) is 0 Å². The number of aryl methyl sites for hydroxylation is 2. The summed E-state index contributed by atoms with van der Waals surface area (Å²) in [6.45, 7) is 5.89. The molecule has 1 unspecified atom stereocenters. The summed E-state index contributed by atoms with van der Waals surface area (Å²) in [5.41, 5.74) is 4.28. The van der Waals surface area contributed by atoms with Gasteiger partial charge in [0.15, 0.2) is 0 Å². The standard InChI is InChI=1S/C21H21ClN4O/c1-13-9-14(2)19(18(22)10-13)26-21-23-11-17(12-24-21)20(27)25-15(3)16-7-5-4-6-8-16/h4-12,15H,1-3H3,(H,25,27)(H,23,24,26). The van der Waals surface area contributed by atoms with Crippen LogP contribution >= 0.6 is 11.6 Å². The van der Waals surface area contributed by atoms with Crippen LogP contribution in [-0.4, -0.2) is 15.9 Å². The first-order chi connectivity index (χ1) is 12.9. The third-order valence-electron chi connectivity index (χ3n) is 4.23. The van der Waals surface area contributed by atoms with E-state index >= 15 is 0 Å². The van der Waals surface area contributed by atoms with Crippen molar-refractivity contribution in [1.82, 2.24) is 15.3 Å². The lowest BCUT2D eigenvalue weighted by Gasteiger charge is -2.14. The van der Waals surface area contributed by atoms with Gasteiger partial charge in [-0.3, -0.25) is 4.79 Å². The van der Waals surface area contributed by atoms with Crippen LogP contribution < -0.4 is 10.6 Å². The lowest BCUT2D eigenvalue weighted by Crippen LogP contribution is -2.26. The molecule has 0 fully saturated rings. The molecule has 0 bridgehead atoms. The van der Waals surface area contributed by atoms with Gasteiger partial charge in [-0.05, 0) is 43.5 Å². The number of hydrogen-bond acceptors (Lipinski definition) is 4. The molecular formula is C21H21ClN4O. The average molecular weight is 381 g/mol. The Kier molecular flexibility index (Phi) is 5.72. The van der Waals surface area contributed by atoms with Gasteiger partial charge in [-0.15, -0.1) is 0 Å². The van der Waals surface area contributed by atoms with Crippen molar-refractivity contribution in [2.45, 2.75) is 26.8 Å². The van der Waals surface area contributed by atoms with Gasteiger partial charge in [0.25, 0.3) is 5.91 Å². The highest BCUT2D eigenvalue weighted by Gasteiger charge is 2.13. The van der Waals surface area contributed by atoms with E-state index in [0.29, 0.717) is 16.5 Å². The minimum Gasteiger partial charge on any atom is -0.345 e. The van der Waals surface area contributed by atoms with Gasteiger partial charge >= 0.3 is 0 Å². The predicted molar refractivity (Wildman–Crippen MR) is 109 cm³/mol. The lowest BCUT2D eigenvalue weighted by atomic mass is 10.1. The van der Waals surface area contributed by atoms with E-state index in [9.17, 15) is 4.79 Å². The number of carbonyl (C=O) groups excluding carboxylic acids is 1. The van der Waals surface area contributed by atoms with Crippen LogP contribution in [0.15, 0.2) is 54.9 Å². The first-order valence-corrected chi connectivity index (χ1v) is 9.03. The number of amides is 1. The number of nitrogens with one attached hydrogen (secondary N) is 2. The first-order valence-electron chi connectivity index (χ1n) is 8.65. The summed E-state index contributed by atoms with van der Waals surface area (Å²) in [5.74, 6) is 0.166. The van der Waals surface area contributed by atoms with Gasteiger partial charge in [0.1, 0.15) is 0 Å². The van der Waals surface area contributed by atoms with Crippen molar-refractivity contribution in [3.8, 4) is 0 Å². The SMILES string of the molecule is Cc1cc(C)c(Nc2ncc(C(=O)NC(C)c3ccccc3)cn2)c(Cl)c1. The lowest BCUT2D eigenvalue weighted by molar-refractivity contribution is 0.0939. The minimum absolute atomic E-state index is 0.106. The molecule has 0 spiro atoms. The molecule has 5 nitrogen and oxygen atoms in total. The van der Waals surface area contributed by atoms with Crippen LogP contribution in [0.1, 0.15) is 40.0 Å². The number of nitrogens with zero attached hydrogens (tertiary/aromatic N) is 2. The minimum atomic E-state index is -0.220. The average Bonchev–Trinajstić information content (AvgIpc) is 2.65. The molecule has 2 aromatic carbocycles. The van der Waals surface area contributed by atoms with Crippen molar-refractivity contribution in [1.29, 1.82) is 0 Å². The van der Waals surface area contributed by atoms with E-state index in [2.05, 4.69) is 20.6 Å². The summed E-state index contributed by atoms with van der Waals surface area (Å²) in [5, 5.41) is 6.67. The Morgan fingerprint density at radius 1 is 1.07 bits per heavy atom. The smallest absolute Gasteiger partial charge is 0.254 e. The van der Waals surface area contributed by atoms with Gasteiger partial charge < -0.3 is 10.6 Å². The van der Waals surface area contributed by atoms with E-state index in [0.717, 1.165) is 22.4 Å². The Morgan fingerprint density at radius 2 is 1.74 bits per heavy atom. The van der Waals surface area contributed by atoms with Crippen molar-refractivity contribution in [2.75, 3.05) is 5.32 Å². The highest BCUT2D eigenvalue weighted by Crippen LogP contribution is 2.29. The van der Waals surface area contributed by atoms with Gasteiger partial charge in [0.2, 0.25) is 5.95 Å². The number of halogens is 1. The molecular weight excluding hydrogens is 360 g/mol. The highest BCUT2D eigenvalue weighted by atomic mass is 35.5. The van der Waals surface area contributed by atoms with Gasteiger partial charge in [-0.25, -0.2) is 9.97 Å². The summed E-state index contributed by atoms with van der Waals surface area (Å²) >= 11 is 6.30. The largest absolute Gasteiger partial charge is 0.345 e. The molecule has 138 valence electrons. The predicted octanol–water partition coefficient (Wildman–Crippen LogP) is 4.98. The number of benzene rings is 2. The second-order valence-corrected chi connectivity index (χ2v) is 6.87. The molecule has 0 aliphatic heterocycles. The fourth-order valence-corrected chi connectivity index (χ4v) is 3.17. The molecule has 3 rings (SSSR count). The fraction of sp³-hybridized carbons (Fsp3) is 0.190. The van der Waals surface area contributed by atoms with Crippen LogP contribution in [0.4, 0.5) is 11.6 Å². The monoisotopic (exact) mass is 380 g/mol. The first kappa shape index (κ1) is 18.9. The van der Waals surface area contributed by atoms with Gasteiger partial charge in [-0.2, -0.15) is 0 Å². The Bertz CT molecular complexity index is 919. The van der Waals surface area contributed by atoms with E-state index in [1.54, 1.807) is 0 Å². The number of rotatable bonds is 5. The van der Waals surface area contributed by atoms with Crippen molar-refractivity contribution < 1.29 is 4.79 Å². The molecule has 3 aromatic rings. The van der Waals surface area contributed by atoms with Gasteiger partial charge in [0.05, 0.1) is 22.3 Å². The zero-order chi connectivity index (χ0) is 19.4. The third-order valence-corrected chi connectivity index (χ3v) is 4.53. The van der Waals surface area contributed by atoms with Crippen LogP contribution in [-0.2, 0) is 0 Å². The maximum absolute atomic E-state index is 12.4. The summed E-state index contributed by atoms with van der Waals surface area (Å²) < 4.78 is 0. The van der Waals surface area contributed by atoms with Gasteiger partial charge in [0, 0.05) is 12.4 Å². The maximum Gasteiger partial charge on any atom is 0.254 e. The molecule has 0 saturated heterocycles. The van der Waals surface area contributed by atoms with E-state index in [4.69, 9.17) is 11.6 Å². The number of aromatic nitrogens is 2. The summed E-state index contributed by atoms with van der Waals surface area (Å²) in [7, 11) is 0. The number of carbonyl (C=O) groups is 1. The summed E-state index contributed by atoms with van der Waals surface area (Å²) in [4.78, 5) is 20.9. The highest BCUT2D eigenvalue weighted by molar-refractivity contribution is 6.33. The van der Waals surface area contributed by atoms with Crippen molar-refractivity contribution in [3.05, 3.63) is 82.1 Å². The van der Waals surface area contributed by atoms with Crippen molar-refractivity contribution in [2.24, 2.45) is 0 Å². The molecule has 2 N–H and O–H groups in total. The Labute approximate surface area is 163 Å². The second-order valence-electron chi connectivity index (χ2n) is 6.46. The van der Waals surface area contributed by atoms with Crippen molar-refractivity contribution in [3.63, 3.8) is 0 Å². The third kappa shape index (κ3) is 4.63. The molecule has 1 heterocycles. The molecule has 0 radical (unpaired) electrons. The maximum atomic E-state index is 12.4. The van der Waals surface area contributed by atoms with Crippen LogP contribution in [0.5, 0.6) is 0 Å². The van der Waals surface area contributed by atoms with Crippen LogP contribution in [0.25, 0.3) is 0 Å². The Morgan fingerprint density at radius 3 is 2.37 bits per heavy atom. The Balaban J connectivity index is 1.69. The molecule has 1 amide bonds. The molecule has 1 aromatic heterocycles. The molecule has 0 aliphatic rings. The normalized spacial score (nSPS) is 11.7. The van der Waals surface area contributed by atoms with E-state index in [1.807, 2.05) is 63.2 Å². The number of hydrogen-bond donors (Lipinski definition) is 2. The Hall–Kier alpha value is -2.92. The summed E-state index contributed by atoms with van der Waals surface area (Å²) in [6, 6.07) is 13.6. The van der Waals surface area contributed by atoms with Crippen LogP contribution in [0.2, 0.25) is 5.02 Å². The zero-order valence-corrected chi connectivity index (χ0v) is 16.2. The van der Waals surface area contributed by atoms with E-state index < -0.39 is 0 Å². The quantitative estimate of drug-likeness (QED) is 0.655. The van der Waals surface area contributed by atoms with E-state index in [1.165, 1.54) is 12.4 Å². The molecule has 0 aliphatic carbocycles. The molecule has 1 atom stereocenters.